The Hall–Kier alpha value is -0.620. The normalized spacial score (nSPS) is 38.8. The van der Waals surface area contributed by atoms with E-state index in [1.807, 2.05) is 0 Å². The number of rotatable bonds is 3. The van der Waals surface area contributed by atoms with Gasteiger partial charge in [0.05, 0.1) is 11.2 Å². The van der Waals surface area contributed by atoms with Gasteiger partial charge >= 0.3 is 5.97 Å². The molecule has 0 bridgehead atoms. The maximum absolute atomic E-state index is 12.9. The first-order valence-electron chi connectivity index (χ1n) is 7.75. The van der Waals surface area contributed by atoms with Crippen LogP contribution in [-0.4, -0.2) is 41.6 Å². The number of carbonyl (C=O) groups is 1. The number of hydrogen-bond acceptors (Lipinski definition) is 3. The van der Waals surface area contributed by atoms with E-state index in [-0.39, 0.29) is 6.04 Å². The molecule has 0 aromatic heterocycles. The van der Waals surface area contributed by atoms with Crippen LogP contribution in [0.25, 0.3) is 0 Å². The van der Waals surface area contributed by atoms with Crippen molar-refractivity contribution in [3.63, 3.8) is 0 Å². The van der Waals surface area contributed by atoms with E-state index in [2.05, 4.69) is 0 Å². The largest absolute Gasteiger partial charge is 0.481 e. The molecule has 0 spiro atoms. The lowest BCUT2D eigenvalue weighted by atomic mass is 9.86. The van der Waals surface area contributed by atoms with Gasteiger partial charge in [0.15, 0.2) is 0 Å². The van der Waals surface area contributed by atoms with Gasteiger partial charge < -0.3 is 5.11 Å². The molecule has 114 valence electrons. The summed E-state index contributed by atoms with van der Waals surface area (Å²) in [6, 6.07) is 0.142. The van der Waals surface area contributed by atoms with Gasteiger partial charge in [0.1, 0.15) is 0 Å². The van der Waals surface area contributed by atoms with Crippen LogP contribution in [0.5, 0.6) is 0 Å². The molecule has 2 saturated carbocycles. The Morgan fingerprint density at radius 3 is 2.50 bits per heavy atom. The van der Waals surface area contributed by atoms with E-state index in [1.165, 1.54) is 6.42 Å². The third kappa shape index (κ3) is 2.26. The number of nitrogens with zero attached hydrogens (tertiary/aromatic N) is 1. The van der Waals surface area contributed by atoms with Gasteiger partial charge in [-0.15, -0.1) is 0 Å². The minimum Gasteiger partial charge on any atom is -0.481 e. The number of hydrogen-bond donors (Lipinski definition) is 1. The first-order chi connectivity index (χ1) is 9.51. The van der Waals surface area contributed by atoms with Gasteiger partial charge in [-0.1, -0.05) is 19.3 Å². The van der Waals surface area contributed by atoms with Crippen LogP contribution in [-0.2, 0) is 14.8 Å². The van der Waals surface area contributed by atoms with Crippen LogP contribution in [0.3, 0.4) is 0 Å². The van der Waals surface area contributed by atoms with E-state index in [0.29, 0.717) is 31.7 Å². The molecule has 2 aliphatic carbocycles. The van der Waals surface area contributed by atoms with Gasteiger partial charge in [0.25, 0.3) is 0 Å². The van der Waals surface area contributed by atoms with Crippen LogP contribution in [0, 0.1) is 11.8 Å². The van der Waals surface area contributed by atoms with Crippen molar-refractivity contribution in [1.82, 2.24) is 4.31 Å². The molecule has 1 saturated heterocycles. The molecule has 0 aromatic rings. The number of aliphatic carboxylic acids is 1. The number of carboxylic acid groups (broad SMARTS) is 1. The van der Waals surface area contributed by atoms with Gasteiger partial charge in [-0.05, 0) is 38.0 Å². The summed E-state index contributed by atoms with van der Waals surface area (Å²) in [4.78, 5) is 11.3. The number of sulfonamides is 1. The molecule has 3 rings (SSSR count). The SMILES string of the molecule is O=C(O)C1CCCC1S(=O)(=O)N1CCC2CCCCC21. The zero-order chi connectivity index (χ0) is 14.3. The van der Waals surface area contributed by atoms with Crippen LogP contribution in [0.1, 0.15) is 51.4 Å². The van der Waals surface area contributed by atoms with Gasteiger partial charge in [-0.25, -0.2) is 8.42 Å². The van der Waals surface area contributed by atoms with Crippen LogP contribution in [0.2, 0.25) is 0 Å². The molecule has 0 amide bonds. The van der Waals surface area contributed by atoms with Crippen molar-refractivity contribution >= 4 is 16.0 Å². The van der Waals surface area contributed by atoms with E-state index in [9.17, 15) is 18.3 Å². The Bertz CT molecular complexity index is 489. The lowest BCUT2D eigenvalue weighted by Crippen LogP contribution is -2.46. The van der Waals surface area contributed by atoms with E-state index in [0.717, 1.165) is 25.7 Å². The Morgan fingerprint density at radius 1 is 1.00 bits per heavy atom. The average Bonchev–Trinajstić information content (AvgIpc) is 3.06. The summed E-state index contributed by atoms with van der Waals surface area (Å²) in [6.07, 6.45) is 7.06. The molecule has 20 heavy (non-hydrogen) atoms. The van der Waals surface area contributed by atoms with E-state index in [4.69, 9.17) is 0 Å². The lowest BCUT2D eigenvalue weighted by Gasteiger charge is -2.33. The summed E-state index contributed by atoms with van der Waals surface area (Å²) < 4.78 is 27.4. The summed E-state index contributed by atoms with van der Waals surface area (Å²) in [7, 11) is -3.45. The molecule has 3 aliphatic rings. The van der Waals surface area contributed by atoms with Gasteiger partial charge in [-0.3, -0.25) is 4.79 Å². The highest BCUT2D eigenvalue weighted by Crippen LogP contribution is 2.41. The molecule has 1 aliphatic heterocycles. The minimum atomic E-state index is -3.45. The highest BCUT2D eigenvalue weighted by molar-refractivity contribution is 7.89. The molecular formula is C14H23NO4S. The highest BCUT2D eigenvalue weighted by atomic mass is 32.2. The van der Waals surface area contributed by atoms with Crippen LogP contribution < -0.4 is 0 Å². The first-order valence-corrected chi connectivity index (χ1v) is 9.25. The van der Waals surface area contributed by atoms with Crippen LogP contribution in [0.15, 0.2) is 0 Å². The van der Waals surface area contributed by atoms with Crippen molar-refractivity contribution < 1.29 is 18.3 Å². The Kier molecular flexibility index (Phi) is 3.79. The van der Waals surface area contributed by atoms with Crippen molar-refractivity contribution in [3.05, 3.63) is 0 Å². The average molecular weight is 301 g/mol. The van der Waals surface area contributed by atoms with Crippen LogP contribution >= 0.6 is 0 Å². The third-order valence-electron chi connectivity index (χ3n) is 5.44. The molecule has 0 aromatic carbocycles. The second kappa shape index (κ2) is 5.30. The Morgan fingerprint density at radius 2 is 1.75 bits per heavy atom. The molecule has 3 fully saturated rings. The third-order valence-corrected chi connectivity index (χ3v) is 7.87. The molecular weight excluding hydrogens is 278 g/mol. The molecule has 1 heterocycles. The first kappa shape index (κ1) is 14.3. The van der Waals surface area contributed by atoms with Gasteiger partial charge in [0.2, 0.25) is 10.0 Å². The number of carboxylic acids is 1. The van der Waals surface area contributed by atoms with E-state index in [1.54, 1.807) is 4.31 Å². The van der Waals surface area contributed by atoms with Crippen molar-refractivity contribution in [3.8, 4) is 0 Å². The molecule has 4 unspecified atom stereocenters. The quantitative estimate of drug-likeness (QED) is 0.863. The fraction of sp³-hybridized carbons (Fsp3) is 0.929. The summed E-state index contributed by atoms with van der Waals surface area (Å²) in [6.45, 7) is 0.598. The second-order valence-electron chi connectivity index (χ2n) is 6.47. The topological polar surface area (TPSA) is 74.7 Å². The van der Waals surface area contributed by atoms with Gasteiger partial charge in [-0.2, -0.15) is 4.31 Å². The Balaban J connectivity index is 1.83. The minimum absolute atomic E-state index is 0.142. The fourth-order valence-electron chi connectivity index (χ4n) is 4.42. The summed E-state index contributed by atoms with van der Waals surface area (Å²) >= 11 is 0. The maximum atomic E-state index is 12.9. The zero-order valence-electron chi connectivity index (χ0n) is 11.7. The predicted molar refractivity (Wildman–Crippen MR) is 74.8 cm³/mol. The van der Waals surface area contributed by atoms with Crippen molar-refractivity contribution in [2.45, 2.75) is 62.7 Å². The summed E-state index contributed by atoms with van der Waals surface area (Å²) in [5.41, 5.74) is 0. The smallest absolute Gasteiger partial charge is 0.307 e. The summed E-state index contributed by atoms with van der Waals surface area (Å²) in [5.74, 6) is -1.15. The van der Waals surface area contributed by atoms with E-state index < -0.39 is 27.2 Å². The predicted octanol–water partition coefficient (Wildman–Crippen LogP) is 1.83. The fourth-order valence-corrected chi connectivity index (χ4v) is 6.91. The van der Waals surface area contributed by atoms with Crippen molar-refractivity contribution in [1.29, 1.82) is 0 Å². The standard InChI is InChI=1S/C14H23NO4S/c16-14(17)11-5-3-7-13(11)20(18,19)15-9-8-10-4-1-2-6-12(10)15/h10-13H,1-9H2,(H,16,17). The highest BCUT2D eigenvalue weighted by Gasteiger charge is 2.49. The Labute approximate surface area is 120 Å². The van der Waals surface area contributed by atoms with Crippen molar-refractivity contribution in [2.24, 2.45) is 11.8 Å². The van der Waals surface area contributed by atoms with Crippen LogP contribution in [0.4, 0.5) is 0 Å². The van der Waals surface area contributed by atoms with E-state index >= 15 is 0 Å². The number of fused-ring (bicyclic) bond motifs is 1. The molecule has 0 radical (unpaired) electrons. The molecule has 4 atom stereocenters. The molecule has 6 heteroatoms. The lowest BCUT2D eigenvalue weighted by molar-refractivity contribution is -0.141. The van der Waals surface area contributed by atoms with Gasteiger partial charge in [0, 0.05) is 12.6 Å². The summed E-state index contributed by atoms with van der Waals surface area (Å²) in [5, 5.41) is 8.55. The monoisotopic (exact) mass is 301 g/mol. The maximum Gasteiger partial charge on any atom is 0.307 e. The van der Waals surface area contributed by atoms with Crippen molar-refractivity contribution in [2.75, 3.05) is 6.54 Å². The molecule has 5 nitrogen and oxygen atoms in total. The second-order valence-corrected chi connectivity index (χ2v) is 8.57. The zero-order valence-corrected chi connectivity index (χ0v) is 12.5. The molecule has 1 N–H and O–H groups in total.